The van der Waals surface area contributed by atoms with Crippen LogP contribution in [0.1, 0.15) is 0 Å². The first-order chi connectivity index (χ1) is 8.93. The molecule has 0 saturated heterocycles. The molecule has 6 nitrogen and oxygen atoms in total. The zero-order valence-electron chi connectivity index (χ0n) is 12.3. The van der Waals surface area contributed by atoms with Crippen molar-refractivity contribution in [3.8, 4) is 22.8 Å². The summed E-state index contributed by atoms with van der Waals surface area (Å²) in [5.41, 5.74) is 3.46. The Morgan fingerprint density at radius 2 is 0.875 bits per heavy atom. The molecular formula is C15H17Cl2N3O3Ru. The zero-order chi connectivity index (χ0) is 12.2. The Morgan fingerprint density at radius 1 is 0.500 bits per heavy atom. The minimum absolute atomic E-state index is 0. The summed E-state index contributed by atoms with van der Waals surface area (Å²) in [5.74, 6) is 0. The van der Waals surface area contributed by atoms with E-state index in [1.807, 2.05) is 54.6 Å². The van der Waals surface area contributed by atoms with Crippen LogP contribution in [0.5, 0.6) is 0 Å². The van der Waals surface area contributed by atoms with Gasteiger partial charge in [0.25, 0.3) is 0 Å². The summed E-state index contributed by atoms with van der Waals surface area (Å²) in [6.45, 7) is 0. The molecule has 0 spiro atoms. The summed E-state index contributed by atoms with van der Waals surface area (Å²) in [6.07, 6.45) is 3.54. The van der Waals surface area contributed by atoms with Gasteiger partial charge in [0.05, 0.1) is 22.8 Å². The average molecular weight is 459 g/mol. The molecule has 0 unspecified atom stereocenters. The maximum Gasteiger partial charge on any atom is 2.00 e. The van der Waals surface area contributed by atoms with E-state index in [2.05, 4.69) is 15.0 Å². The van der Waals surface area contributed by atoms with E-state index in [1.54, 1.807) is 12.4 Å². The number of pyridine rings is 3. The van der Waals surface area contributed by atoms with Gasteiger partial charge in [0.15, 0.2) is 0 Å². The molecule has 6 N–H and O–H groups in total. The molecule has 3 aromatic rings. The summed E-state index contributed by atoms with van der Waals surface area (Å²) in [5, 5.41) is 0. The van der Waals surface area contributed by atoms with Crippen molar-refractivity contribution in [3.05, 3.63) is 67.0 Å². The van der Waals surface area contributed by atoms with Crippen LogP contribution in [-0.2, 0) is 19.5 Å². The second kappa shape index (κ2) is 15.1. The molecule has 132 valence electrons. The molecule has 0 radical (unpaired) electrons. The Morgan fingerprint density at radius 3 is 1.21 bits per heavy atom. The molecule has 3 aromatic heterocycles. The second-order valence-electron chi connectivity index (χ2n) is 3.84. The van der Waals surface area contributed by atoms with Gasteiger partial charge in [-0.25, -0.2) is 4.98 Å². The quantitative estimate of drug-likeness (QED) is 0.355. The Hall–Kier alpha value is -1.47. The predicted molar refractivity (Wildman–Crippen MR) is 81.5 cm³/mol. The van der Waals surface area contributed by atoms with Crippen molar-refractivity contribution in [3.63, 3.8) is 0 Å². The first-order valence-electron chi connectivity index (χ1n) is 5.73. The monoisotopic (exact) mass is 459 g/mol. The maximum absolute atomic E-state index is 4.59. The molecule has 0 aliphatic heterocycles. The summed E-state index contributed by atoms with van der Waals surface area (Å²) in [4.78, 5) is 13.2. The second-order valence-corrected chi connectivity index (χ2v) is 3.84. The van der Waals surface area contributed by atoms with Crippen molar-refractivity contribution in [2.24, 2.45) is 0 Å². The van der Waals surface area contributed by atoms with Crippen molar-refractivity contribution in [1.82, 2.24) is 15.0 Å². The van der Waals surface area contributed by atoms with Gasteiger partial charge in [-0.15, -0.1) is 0 Å². The van der Waals surface area contributed by atoms with Crippen LogP contribution in [0.15, 0.2) is 67.0 Å². The zero-order valence-corrected chi connectivity index (χ0v) is 15.6. The van der Waals surface area contributed by atoms with E-state index in [0.717, 1.165) is 22.8 Å². The van der Waals surface area contributed by atoms with Crippen molar-refractivity contribution in [2.75, 3.05) is 0 Å². The van der Waals surface area contributed by atoms with Gasteiger partial charge in [-0.1, -0.05) is 18.2 Å². The fourth-order valence-electron chi connectivity index (χ4n) is 1.75. The van der Waals surface area contributed by atoms with Gasteiger partial charge in [-0.05, 0) is 36.4 Å². The van der Waals surface area contributed by atoms with Crippen LogP contribution >= 0.6 is 0 Å². The summed E-state index contributed by atoms with van der Waals surface area (Å²) in [7, 11) is 0. The van der Waals surface area contributed by atoms with E-state index in [9.17, 15) is 0 Å². The SMILES string of the molecule is O.O.O.[Cl-].[Cl-].[Ru+2].c1ccc(-c2cccc(-c3ccccn3)n2)nc1. The molecule has 0 aliphatic rings. The van der Waals surface area contributed by atoms with E-state index in [-0.39, 0.29) is 60.7 Å². The van der Waals surface area contributed by atoms with Crippen LogP contribution in [0.25, 0.3) is 22.8 Å². The van der Waals surface area contributed by atoms with Crippen LogP contribution in [0.4, 0.5) is 0 Å². The smallest absolute Gasteiger partial charge is 1.00 e. The maximum atomic E-state index is 4.59. The van der Waals surface area contributed by atoms with E-state index in [0.29, 0.717) is 0 Å². The number of halogens is 2. The van der Waals surface area contributed by atoms with E-state index in [4.69, 9.17) is 0 Å². The summed E-state index contributed by atoms with van der Waals surface area (Å²) < 4.78 is 0. The van der Waals surface area contributed by atoms with Crippen molar-refractivity contribution in [2.45, 2.75) is 0 Å². The van der Waals surface area contributed by atoms with Crippen LogP contribution in [-0.4, -0.2) is 31.4 Å². The fourth-order valence-corrected chi connectivity index (χ4v) is 1.75. The number of hydrogen-bond acceptors (Lipinski definition) is 3. The standard InChI is InChI=1S/C15H11N3.2ClH.3H2O.Ru/c1-3-10-16-12(6-1)14-8-5-9-15(18-14)13-7-2-4-11-17-13;;;;;;/h1-11H;2*1H;3*1H2;/q;;;;;;+2/p-2. The molecule has 0 aromatic carbocycles. The summed E-state index contributed by atoms with van der Waals surface area (Å²) >= 11 is 0. The Bertz CT molecular complexity index is 610. The third kappa shape index (κ3) is 7.40. The summed E-state index contributed by atoms with van der Waals surface area (Å²) in [6, 6.07) is 17.5. The van der Waals surface area contributed by atoms with Crippen LogP contribution in [0.3, 0.4) is 0 Å². The topological polar surface area (TPSA) is 133 Å². The Labute approximate surface area is 165 Å². The van der Waals surface area contributed by atoms with E-state index >= 15 is 0 Å². The number of nitrogens with zero attached hydrogens (tertiary/aromatic N) is 3. The molecule has 0 saturated carbocycles. The minimum atomic E-state index is 0. The molecule has 0 atom stereocenters. The fraction of sp³-hybridized carbons (Fsp3) is 0. The van der Waals surface area contributed by atoms with Crippen LogP contribution < -0.4 is 24.8 Å². The van der Waals surface area contributed by atoms with E-state index in [1.165, 1.54) is 0 Å². The predicted octanol–water partition coefficient (Wildman–Crippen LogP) is -5.26. The minimum Gasteiger partial charge on any atom is -1.00 e. The first-order valence-corrected chi connectivity index (χ1v) is 5.73. The molecular weight excluding hydrogens is 442 g/mol. The molecule has 0 fully saturated rings. The molecule has 0 aliphatic carbocycles. The van der Waals surface area contributed by atoms with Gasteiger partial charge in [0.2, 0.25) is 0 Å². The normalized spacial score (nSPS) is 7.67. The van der Waals surface area contributed by atoms with Gasteiger partial charge < -0.3 is 41.2 Å². The molecule has 3 heterocycles. The van der Waals surface area contributed by atoms with Crippen molar-refractivity contribution in [1.29, 1.82) is 0 Å². The van der Waals surface area contributed by atoms with Crippen molar-refractivity contribution >= 4 is 0 Å². The third-order valence-electron chi connectivity index (χ3n) is 2.60. The first kappa shape index (κ1) is 30.4. The molecule has 9 heteroatoms. The molecule has 0 bridgehead atoms. The van der Waals surface area contributed by atoms with Crippen LogP contribution in [0, 0.1) is 0 Å². The van der Waals surface area contributed by atoms with Gasteiger partial charge in [0.1, 0.15) is 0 Å². The Balaban J connectivity index is -0.000000333. The van der Waals surface area contributed by atoms with Gasteiger partial charge in [-0.2, -0.15) is 0 Å². The number of aromatic nitrogens is 3. The van der Waals surface area contributed by atoms with Gasteiger partial charge in [0, 0.05) is 12.4 Å². The molecule has 3 rings (SSSR count). The van der Waals surface area contributed by atoms with Gasteiger partial charge in [-0.3, -0.25) is 9.97 Å². The van der Waals surface area contributed by atoms with E-state index < -0.39 is 0 Å². The molecule has 0 amide bonds. The Kier molecular flexibility index (Phi) is 19.1. The third-order valence-corrected chi connectivity index (χ3v) is 2.60. The number of hydrogen-bond donors (Lipinski definition) is 0. The number of rotatable bonds is 2. The van der Waals surface area contributed by atoms with Crippen LogP contribution in [0.2, 0.25) is 0 Å². The molecule has 24 heavy (non-hydrogen) atoms. The van der Waals surface area contributed by atoms with Crippen molar-refractivity contribution < 1.29 is 60.7 Å². The van der Waals surface area contributed by atoms with Gasteiger partial charge >= 0.3 is 19.5 Å². The largest absolute Gasteiger partial charge is 2.00 e. The average Bonchev–Trinajstić information content (AvgIpc) is 2.49.